The van der Waals surface area contributed by atoms with Crippen LogP contribution in [0.1, 0.15) is 12.8 Å². The fraction of sp³-hybridized carbons (Fsp3) is 0.417. The average molecular weight is 272 g/mol. The lowest BCUT2D eigenvalue weighted by atomic mass is 10.3. The number of methoxy groups -OCH3 is 1. The van der Waals surface area contributed by atoms with Crippen LogP contribution in [0, 0.1) is 5.92 Å². The van der Waals surface area contributed by atoms with Crippen LogP contribution in [0.4, 0.5) is 5.69 Å². The third kappa shape index (κ3) is 2.87. The maximum Gasteiger partial charge on any atom is 0.319 e. The minimum absolute atomic E-state index is 0.192. The number of nitrogens with two attached hydrogens (primary N) is 1. The van der Waals surface area contributed by atoms with E-state index in [2.05, 4.69) is 0 Å². The zero-order chi connectivity index (χ0) is 12.4. The molecule has 5 heteroatoms. The van der Waals surface area contributed by atoms with Gasteiger partial charge in [-0.2, -0.15) is 0 Å². The molecule has 0 radical (unpaired) electrons. The molecule has 1 aromatic carbocycles. The van der Waals surface area contributed by atoms with E-state index in [1.54, 1.807) is 18.2 Å². The number of esters is 1. The van der Waals surface area contributed by atoms with Gasteiger partial charge in [0.25, 0.3) is 0 Å². The monoisotopic (exact) mass is 271 g/mol. The number of carbonyl (C=O) groups excluding carboxylic acids is 1. The van der Waals surface area contributed by atoms with Crippen molar-refractivity contribution in [1.29, 1.82) is 0 Å². The molecular weight excluding hydrogens is 258 g/mol. The van der Waals surface area contributed by atoms with Gasteiger partial charge >= 0.3 is 5.97 Å². The van der Waals surface area contributed by atoms with Gasteiger partial charge in [-0.25, -0.2) is 0 Å². The number of hydrogen-bond donors (Lipinski definition) is 1. The molecule has 1 atom stereocenters. The van der Waals surface area contributed by atoms with Crippen LogP contribution in [0.5, 0.6) is 0 Å². The summed E-state index contributed by atoms with van der Waals surface area (Å²) in [6.07, 6.45) is 2.13. The highest BCUT2D eigenvalue weighted by molar-refractivity contribution is 8.00. The molecule has 1 aromatic rings. The van der Waals surface area contributed by atoms with Crippen molar-refractivity contribution < 1.29 is 9.53 Å². The van der Waals surface area contributed by atoms with Crippen molar-refractivity contribution >= 4 is 35.0 Å². The zero-order valence-corrected chi connectivity index (χ0v) is 11.1. The molecule has 17 heavy (non-hydrogen) atoms. The molecule has 0 spiro atoms. The van der Waals surface area contributed by atoms with Crippen molar-refractivity contribution in [2.45, 2.75) is 23.0 Å². The summed E-state index contributed by atoms with van der Waals surface area (Å²) in [4.78, 5) is 12.5. The summed E-state index contributed by atoms with van der Waals surface area (Å²) in [5.41, 5.74) is 6.48. The van der Waals surface area contributed by atoms with Gasteiger partial charge in [-0.3, -0.25) is 4.79 Å². The van der Waals surface area contributed by atoms with E-state index in [4.69, 9.17) is 22.1 Å². The number of halogens is 1. The third-order valence-electron chi connectivity index (χ3n) is 2.73. The molecule has 1 aliphatic carbocycles. The van der Waals surface area contributed by atoms with Gasteiger partial charge in [0.1, 0.15) is 5.25 Å². The minimum atomic E-state index is -0.197. The molecule has 0 aromatic heterocycles. The summed E-state index contributed by atoms with van der Waals surface area (Å²) >= 11 is 7.51. The largest absolute Gasteiger partial charge is 0.468 e. The Balaban J connectivity index is 2.20. The van der Waals surface area contributed by atoms with Gasteiger partial charge in [-0.15, -0.1) is 11.8 Å². The standard InChI is InChI=1S/C12H14ClNO2S/c1-16-12(15)10(7-5-6-7)17-11-8(13)3-2-4-9(11)14/h2-4,7,10H,5-6,14H2,1H3. The lowest BCUT2D eigenvalue weighted by molar-refractivity contribution is -0.140. The van der Waals surface area contributed by atoms with Gasteiger partial charge in [0, 0.05) is 10.6 Å². The van der Waals surface area contributed by atoms with Crippen LogP contribution in [0.15, 0.2) is 23.1 Å². The van der Waals surface area contributed by atoms with Crippen molar-refractivity contribution in [3.8, 4) is 0 Å². The second-order valence-electron chi connectivity index (χ2n) is 4.06. The number of thioether (sulfide) groups is 1. The molecule has 92 valence electrons. The SMILES string of the molecule is COC(=O)C(Sc1c(N)cccc1Cl)C1CC1. The number of benzene rings is 1. The highest BCUT2D eigenvalue weighted by atomic mass is 35.5. The molecule has 2 N–H and O–H groups in total. The molecule has 0 heterocycles. The smallest absolute Gasteiger partial charge is 0.319 e. The number of ether oxygens (including phenoxy) is 1. The quantitative estimate of drug-likeness (QED) is 0.520. The Bertz CT molecular complexity index is 414. The predicted molar refractivity (Wildman–Crippen MR) is 70.2 cm³/mol. The maximum atomic E-state index is 11.7. The van der Waals surface area contributed by atoms with E-state index in [1.807, 2.05) is 0 Å². The normalized spacial score (nSPS) is 16.6. The Morgan fingerprint density at radius 3 is 2.82 bits per heavy atom. The zero-order valence-electron chi connectivity index (χ0n) is 9.48. The Hall–Kier alpha value is -0.870. The van der Waals surface area contributed by atoms with Gasteiger partial charge in [0.05, 0.1) is 12.1 Å². The summed E-state index contributed by atoms with van der Waals surface area (Å²) < 4.78 is 4.82. The van der Waals surface area contributed by atoms with Crippen molar-refractivity contribution in [2.75, 3.05) is 12.8 Å². The number of hydrogen-bond acceptors (Lipinski definition) is 4. The van der Waals surface area contributed by atoms with Gasteiger partial charge in [0.2, 0.25) is 0 Å². The maximum absolute atomic E-state index is 11.7. The molecule has 1 saturated carbocycles. The number of rotatable bonds is 4. The molecule has 0 aliphatic heterocycles. The summed E-state index contributed by atoms with van der Waals surface area (Å²) in [6, 6.07) is 5.36. The fourth-order valence-corrected chi connectivity index (χ4v) is 3.24. The first-order valence-electron chi connectivity index (χ1n) is 5.42. The second-order valence-corrected chi connectivity index (χ2v) is 5.62. The van der Waals surface area contributed by atoms with E-state index in [-0.39, 0.29) is 11.2 Å². The van der Waals surface area contributed by atoms with Crippen LogP contribution >= 0.6 is 23.4 Å². The van der Waals surface area contributed by atoms with E-state index in [0.717, 1.165) is 17.7 Å². The van der Waals surface area contributed by atoms with E-state index in [9.17, 15) is 4.79 Å². The molecule has 0 bridgehead atoms. The summed E-state index contributed by atoms with van der Waals surface area (Å²) in [7, 11) is 1.41. The second kappa shape index (κ2) is 5.19. The molecular formula is C12H14ClNO2S. The van der Waals surface area contributed by atoms with E-state index >= 15 is 0 Å². The highest BCUT2D eigenvalue weighted by Gasteiger charge is 2.38. The van der Waals surface area contributed by atoms with Crippen LogP contribution in [0.3, 0.4) is 0 Å². The van der Waals surface area contributed by atoms with Gasteiger partial charge in [0.15, 0.2) is 0 Å². The first kappa shape index (κ1) is 12.6. The molecule has 0 amide bonds. The average Bonchev–Trinajstić information content (AvgIpc) is 3.12. The van der Waals surface area contributed by atoms with Crippen LogP contribution < -0.4 is 5.73 Å². The molecule has 1 fully saturated rings. The van der Waals surface area contributed by atoms with Crippen LogP contribution in [-0.2, 0) is 9.53 Å². The van der Waals surface area contributed by atoms with Crippen LogP contribution in [0.2, 0.25) is 5.02 Å². The number of nitrogen functional groups attached to an aromatic ring is 1. The third-order valence-corrected chi connectivity index (χ3v) is 4.68. The molecule has 3 nitrogen and oxygen atoms in total. The van der Waals surface area contributed by atoms with Crippen molar-refractivity contribution in [2.24, 2.45) is 5.92 Å². The Kier molecular flexibility index (Phi) is 3.84. The Morgan fingerprint density at radius 1 is 1.59 bits per heavy atom. The van der Waals surface area contributed by atoms with E-state index in [1.165, 1.54) is 18.9 Å². The van der Waals surface area contributed by atoms with Gasteiger partial charge in [-0.05, 0) is 30.9 Å². The van der Waals surface area contributed by atoms with E-state index < -0.39 is 0 Å². The van der Waals surface area contributed by atoms with Crippen LogP contribution in [0.25, 0.3) is 0 Å². The van der Waals surface area contributed by atoms with Crippen molar-refractivity contribution in [3.05, 3.63) is 23.2 Å². The summed E-state index contributed by atoms with van der Waals surface area (Å²) in [6.45, 7) is 0. The topological polar surface area (TPSA) is 52.3 Å². The molecule has 1 unspecified atom stereocenters. The lowest BCUT2D eigenvalue weighted by Crippen LogP contribution is -2.21. The van der Waals surface area contributed by atoms with Crippen LogP contribution in [-0.4, -0.2) is 18.3 Å². The molecule has 0 saturated heterocycles. The van der Waals surface area contributed by atoms with E-state index in [0.29, 0.717) is 16.6 Å². The van der Waals surface area contributed by atoms with Gasteiger partial charge in [-0.1, -0.05) is 17.7 Å². The summed E-state index contributed by atoms with van der Waals surface area (Å²) in [5.74, 6) is 0.194. The fourth-order valence-electron chi connectivity index (χ4n) is 1.63. The molecule has 2 rings (SSSR count). The first-order valence-corrected chi connectivity index (χ1v) is 6.67. The molecule has 1 aliphatic rings. The Morgan fingerprint density at radius 2 is 2.29 bits per heavy atom. The predicted octanol–water partition coefficient (Wildman–Crippen LogP) is 2.97. The summed E-state index contributed by atoms with van der Waals surface area (Å²) in [5, 5.41) is 0.395. The minimum Gasteiger partial charge on any atom is -0.468 e. The first-order chi connectivity index (χ1) is 8.13. The number of carbonyl (C=O) groups is 1. The Labute approximate surface area is 110 Å². The number of anilines is 1. The lowest BCUT2D eigenvalue weighted by Gasteiger charge is -2.15. The van der Waals surface area contributed by atoms with Gasteiger partial charge < -0.3 is 10.5 Å². The van der Waals surface area contributed by atoms with Crippen molar-refractivity contribution in [3.63, 3.8) is 0 Å². The van der Waals surface area contributed by atoms with Crippen molar-refractivity contribution in [1.82, 2.24) is 0 Å². The highest BCUT2D eigenvalue weighted by Crippen LogP contribution is 2.45.